The maximum absolute atomic E-state index is 14.5. The molecule has 4 atom stereocenters. The number of primary amides is 1. The van der Waals surface area contributed by atoms with Crippen LogP contribution in [0.1, 0.15) is 61.5 Å². The highest BCUT2D eigenvalue weighted by atomic mass is 19.1. The van der Waals surface area contributed by atoms with Crippen molar-refractivity contribution in [1.29, 1.82) is 0 Å². The van der Waals surface area contributed by atoms with Gasteiger partial charge in [-0.05, 0) is 72.7 Å². The van der Waals surface area contributed by atoms with E-state index < -0.39 is 65.4 Å². The van der Waals surface area contributed by atoms with Crippen molar-refractivity contribution in [2.75, 3.05) is 12.3 Å². The van der Waals surface area contributed by atoms with Crippen LogP contribution in [0.5, 0.6) is 0 Å². The van der Waals surface area contributed by atoms with E-state index >= 15 is 0 Å². The Labute approximate surface area is 341 Å². The molecular formula is C40H53FN12O6. The van der Waals surface area contributed by atoms with Gasteiger partial charge in [-0.15, -0.1) is 0 Å². The predicted molar refractivity (Wildman–Crippen MR) is 222 cm³/mol. The number of halogens is 1. The molecule has 0 radical (unpaired) electrons. The van der Waals surface area contributed by atoms with Gasteiger partial charge in [0.1, 0.15) is 30.0 Å². The third-order valence-corrected chi connectivity index (χ3v) is 8.92. The minimum Gasteiger partial charge on any atom is -0.398 e. The summed E-state index contributed by atoms with van der Waals surface area (Å²) in [4.78, 5) is 90.7. The van der Waals surface area contributed by atoms with E-state index in [2.05, 4.69) is 25.9 Å². The van der Waals surface area contributed by atoms with Crippen LogP contribution < -0.4 is 50.4 Å². The topological polar surface area (TPSA) is 323 Å². The second-order valence-electron chi connectivity index (χ2n) is 14.2. The van der Waals surface area contributed by atoms with Gasteiger partial charge >= 0.3 is 0 Å². The zero-order chi connectivity index (χ0) is 43.8. The molecule has 316 valence electrons. The Balaban J connectivity index is 2.05. The number of hydrogen-bond donors (Lipinski definition) is 9. The summed E-state index contributed by atoms with van der Waals surface area (Å²) in [5.41, 5.74) is 34.8. The monoisotopic (exact) mass is 816 g/mol. The Bertz CT molecular complexity index is 2020. The lowest BCUT2D eigenvalue weighted by Crippen LogP contribution is -2.60. The molecule has 3 aromatic carbocycles. The molecule has 6 amide bonds. The zero-order valence-corrected chi connectivity index (χ0v) is 33.2. The molecule has 0 aliphatic carbocycles. The van der Waals surface area contributed by atoms with Gasteiger partial charge in [-0.2, -0.15) is 0 Å². The smallest absolute Gasteiger partial charge is 0.263 e. The molecule has 0 heterocycles. The van der Waals surface area contributed by atoms with Crippen LogP contribution in [0.25, 0.3) is 0 Å². The molecule has 0 aromatic heterocycles. The molecule has 15 N–H and O–H groups in total. The number of carbonyl (C=O) groups excluding carboxylic acids is 6. The summed E-state index contributed by atoms with van der Waals surface area (Å²) < 4.78 is 13.9. The van der Waals surface area contributed by atoms with Crippen LogP contribution in [-0.4, -0.2) is 83.0 Å². The number of nitrogens with two attached hydrogens (primary N) is 6. The number of nitrogen functional groups attached to an aromatic ring is 1. The summed E-state index contributed by atoms with van der Waals surface area (Å²) in [6.07, 6.45) is 0.0847. The summed E-state index contributed by atoms with van der Waals surface area (Å²) in [5, 5.41) is 8.00. The summed E-state index contributed by atoms with van der Waals surface area (Å²) >= 11 is 0. The Morgan fingerprint density at radius 3 is 1.83 bits per heavy atom. The van der Waals surface area contributed by atoms with Gasteiger partial charge in [0.05, 0.1) is 11.3 Å². The first-order valence-electron chi connectivity index (χ1n) is 18.7. The number of para-hydroxylation sites is 1. The van der Waals surface area contributed by atoms with Gasteiger partial charge in [0.2, 0.25) is 29.5 Å². The van der Waals surface area contributed by atoms with Crippen LogP contribution in [0, 0.1) is 11.7 Å². The minimum atomic E-state index is -1.57. The van der Waals surface area contributed by atoms with Crippen LogP contribution in [-0.2, 0) is 36.8 Å². The molecule has 3 aromatic rings. The fourth-order valence-corrected chi connectivity index (χ4v) is 6.08. The van der Waals surface area contributed by atoms with E-state index in [0.29, 0.717) is 23.2 Å². The number of anilines is 1. The number of carbonyl (C=O) groups is 6. The molecule has 0 saturated heterocycles. The molecule has 19 heteroatoms. The second-order valence-corrected chi connectivity index (χ2v) is 14.2. The Morgan fingerprint density at radius 1 is 0.712 bits per heavy atom. The summed E-state index contributed by atoms with van der Waals surface area (Å²) in [7, 11) is 0. The highest BCUT2D eigenvalue weighted by Crippen LogP contribution is 2.20. The number of guanidine groups is 2. The summed E-state index contributed by atoms with van der Waals surface area (Å²) in [6.45, 7) is 4.91. The lowest BCUT2D eigenvalue weighted by molar-refractivity contribution is -0.138. The number of hydrogen-bond acceptors (Lipinski definition) is 9. The maximum Gasteiger partial charge on any atom is 0.263 e. The molecule has 0 spiro atoms. The van der Waals surface area contributed by atoms with Crippen molar-refractivity contribution in [3.8, 4) is 0 Å². The molecule has 18 nitrogen and oxygen atoms in total. The summed E-state index contributed by atoms with van der Waals surface area (Å²) in [5.74, 6) is -5.99. The van der Waals surface area contributed by atoms with Crippen molar-refractivity contribution in [2.45, 2.75) is 77.0 Å². The third kappa shape index (κ3) is 14.8. The molecular weight excluding hydrogens is 764 g/mol. The van der Waals surface area contributed by atoms with E-state index in [1.165, 1.54) is 30.3 Å². The molecule has 0 aliphatic rings. The normalized spacial score (nSPS) is 12.8. The first kappa shape index (κ1) is 46.3. The largest absolute Gasteiger partial charge is 0.398 e. The molecule has 3 rings (SSSR count). The molecule has 59 heavy (non-hydrogen) atoms. The number of rotatable bonds is 20. The number of aliphatic imine (C=N–C) groups is 2. The van der Waals surface area contributed by atoms with Crippen LogP contribution >= 0.6 is 0 Å². The molecule has 0 bridgehead atoms. The number of imide groups is 1. The highest BCUT2D eigenvalue weighted by molar-refractivity contribution is 6.10. The van der Waals surface area contributed by atoms with E-state index in [1.807, 2.05) is 13.8 Å². The quantitative estimate of drug-likeness (QED) is 0.0321. The zero-order valence-electron chi connectivity index (χ0n) is 33.2. The van der Waals surface area contributed by atoms with E-state index in [4.69, 9.17) is 34.4 Å². The van der Waals surface area contributed by atoms with Gasteiger partial charge in [0, 0.05) is 32.0 Å². The predicted octanol–water partition coefficient (Wildman–Crippen LogP) is 0.195. The third-order valence-electron chi connectivity index (χ3n) is 8.92. The van der Waals surface area contributed by atoms with E-state index in [1.54, 1.807) is 30.3 Å². The van der Waals surface area contributed by atoms with E-state index in [9.17, 15) is 33.2 Å². The fraction of sp³-hybridized carbons (Fsp3) is 0.350. The van der Waals surface area contributed by atoms with E-state index in [0.717, 1.165) is 24.0 Å². The van der Waals surface area contributed by atoms with Crippen LogP contribution in [0.4, 0.5) is 15.8 Å². The van der Waals surface area contributed by atoms with Crippen molar-refractivity contribution >= 4 is 58.7 Å². The summed E-state index contributed by atoms with van der Waals surface area (Å²) in [6, 6.07) is 12.2. The Kier molecular flexibility index (Phi) is 17.3. The number of nitrogens with zero attached hydrogens (tertiary/aromatic N) is 3. The SMILES string of the molecule is CC(=O)N(C(=O)c1ccccc1N)[C@@H](Cc1ccc(F)cc1)C(=O)N[C@@H](Cc1ccc(N=C(N)N)cc1)C(=O)N[C@@H](CC(C)C)C(=O)N[C@@H](CCCN=C(N)N)C(N)=O. The average molecular weight is 817 g/mol. The Morgan fingerprint density at radius 2 is 1.27 bits per heavy atom. The van der Waals surface area contributed by atoms with Gasteiger partial charge in [-0.1, -0.05) is 50.2 Å². The Hall–Kier alpha value is -7.05. The fourth-order valence-electron chi connectivity index (χ4n) is 6.08. The highest BCUT2D eigenvalue weighted by Gasteiger charge is 2.37. The number of amides is 6. The van der Waals surface area contributed by atoms with Gasteiger partial charge in [0.25, 0.3) is 5.91 Å². The average Bonchev–Trinajstić information content (AvgIpc) is 3.16. The lowest BCUT2D eigenvalue weighted by Gasteiger charge is -2.31. The van der Waals surface area contributed by atoms with E-state index in [-0.39, 0.29) is 61.3 Å². The second kappa shape index (κ2) is 22.0. The van der Waals surface area contributed by atoms with Gasteiger partial charge < -0.3 is 50.4 Å². The van der Waals surface area contributed by atoms with Gasteiger partial charge in [-0.3, -0.25) is 38.7 Å². The first-order valence-corrected chi connectivity index (χ1v) is 18.7. The van der Waals surface area contributed by atoms with Gasteiger partial charge in [-0.25, -0.2) is 9.38 Å². The van der Waals surface area contributed by atoms with Crippen LogP contribution in [0.15, 0.2) is 82.8 Å². The van der Waals surface area contributed by atoms with Crippen molar-refractivity contribution in [2.24, 2.45) is 44.6 Å². The first-order chi connectivity index (χ1) is 27.9. The molecule has 0 aliphatic heterocycles. The molecule has 0 unspecified atom stereocenters. The standard InChI is InChI=1S/C40H53FN12O6/c1-22(2)19-31(35(56)50-30(34(43)55)9-6-18-48-39(44)45)51-36(57)32(20-24-12-16-27(17-13-24)49-40(46)47)52-37(58)33(21-25-10-14-26(41)15-11-25)53(23(3)54)38(59)28-7-4-5-8-29(28)42/h4-5,7-8,10-17,22,30-33H,6,9,18-21,42H2,1-3H3,(H2,43,55)(H,50,56)(H,51,57)(H,52,58)(H4,44,45,48)(H4,46,47,49)/t30-,31-,32-,33-/m0/s1. The van der Waals surface area contributed by atoms with Gasteiger partial charge in [0.15, 0.2) is 11.9 Å². The lowest BCUT2D eigenvalue weighted by atomic mass is 9.99. The number of benzene rings is 3. The molecule has 0 fully saturated rings. The molecule has 0 saturated carbocycles. The maximum atomic E-state index is 14.5. The van der Waals surface area contributed by atoms with Crippen LogP contribution in [0.2, 0.25) is 0 Å². The van der Waals surface area contributed by atoms with Crippen molar-refractivity contribution in [3.05, 3.63) is 95.3 Å². The van der Waals surface area contributed by atoms with Crippen LogP contribution in [0.3, 0.4) is 0 Å². The van der Waals surface area contributed by atoms with Crippen molar-refractivity contribution in [3.63, 3.8) is 0 Å². The van der Waals surface area contributed by atoms with Crippen molar-refractivity contribution in [1.82, 2.24) is 20.9 Å². The van der Waals surface area contributed by atoms with Crippen molar-refractivity contribution < 1.29 is 33.2 Å². The minimum absolute atomic E-state index is 0.0490. The number of nitrogens with one attached hydrogen (secondary N) is 3.